The molecule has 5 heteroatoms. The number of benzene rings is 2. The fourth-order valence-electron chi connectivity index (χ4n) is 1.96. The molecule has 0 fully saturated rings. The van der Waals surface area contributed by atoms with Gasteiger partial charge in [0, 0.05) is 10.6 Å². The second-order valence-corrected chi connectivity index (χ2v) is 6.50. The van der Waals surface area contributed by atoms with E-state index in [-0.39, 0.29) is 0 Å². The SMILES string of the molecule is Cc1ccc(SCC(C)(O)c2ccc(C(F)(F)F)cc2)cc1. The molecular formula is C17H17F3OS. The Hall–Kier alpha value is -1.46. The van der Waals surface area contributed by atoms with E-state index in [0.717, 1.165) is 22.6 Å². The Labute approximate surface area is 132 Å². The van der Waals surface area contributed by atoms with E-state index in [2.05, 4.69) is 0 Å². The zero-order valence-corrected chi connectivity index (χ0v) is 13.1. The zero-order valence-electron chi connectivity index (χ0n) is 12.3. The summed E-state index contributed by atoms with van der Waals surface area (Å²) in [4.78, 5) is 1.01. The van der Waals surface area contributed by atoms with Crippen molar-refractivity contribution in [3.05, 3.63) is 65.2 Å². The highest BCUT2D eigenvalue weighted by molar-refractivity contribution is 7.99. The van der Waals surface area contributed by atoms with Gasteiger partial charge in [0.1, 0.15) is 0 Å². The summed E-state index contributed by atoms with van der Waals surface area (Å²) in [6, 6.07) is 12.5. The first kappa shape index (κ1) is 16.9. The Kier molecular flexibility index (Phi) is 4.87. The summed E-state index contributed by atoms with van der Waals surface area (Å²) >= 11 is 1.47. The minimum absolute atomic E-state index is 0.363. The molecule has 0 aliphatic heterocycles. The molecule has 0 aromatic heterocycles. The summed E-state index contributed by atoms with van der Waals surface area (Å²) in [5.74, 6) is 0.363. The van der Waals surface area contributed by atoms with Gasteiger partial charge in [0.2, 0.25) is 0 Å². The largest absolute Gasteiger partial charge is 0.416 e. The second-order valence-electron chi connectivity index (χ2n) is 5.45. The van der Waals surface area contributed by atoms with Gasteiger partial charge >= 0.3 is 6.18 Å². The van der Waals surface area contributed by atoms with E-state index in [1.165, 1.54) is 23.9 Å². The molecule has 2 rings (SSSR count). The third-order valence-electron chi connectivity index (χ3n) is 3.38. The standard InChI is InChI=1S/C17H17F3OS/c1-12-3-9-15(10-4-12)22-11-16(2,21)13-5-7-14(8-6-13)17(18,19)20/h3-10,21H,11H2,1-2H3. The van der Waals surface area contributed by atoms with Gasteiger partial charge in [-0.05, 0) is 43.7 Å². The fourth-order valence-corrected chi connectivity index (χ4v) is 2.90. The zero-order chi connectivity index (χ0) is 16.4. The molecule has 0 aliphatic carbocycles. The van der Waals surface area contributed by atoms with Crippen molar-refractivity contribution < 1.29 is 18.3 Å². The maximum absolute atomic E-state index is 12.6. The van der Waals surface area contributed by atoms with E-state index >= 15 is 0 Å². The second kappa shape index (κ2) is 6.34. The third kappa shape index (κ3) is 4.27. The highest BCUT2D eigenvalue weighted by Crippen LogP contribution is 2.33. The van der Waals surface area contributed by atoms with Crippen LogP contribution in [0, 0.1) is 6.92 Å². The third-order valence-corrected chi connectivity index (χ3v) is 4.69. The van der Waals surface area contributed by atoms with Crippen LogP contribution in [-0.2, 0) is 11.8 Å². The van der Waals surface area contributed by atoms with Crippen LogP contribution in [-0.4, -0.2) is 10.9 Å². The molecule has 0 saturated carbocycles. The molecule has 22 heavy (non-hydrogen) atoms. The highest BCUT2D eigenvalue weighted by atomic mass is 32.2. The quantitative estimate of drug-likeness (QED) is 0.797. The molecule has 1 atom stereocenters. The molecular weight excluding hydrogens is 309 g/mol. The number of rotatable bonds is 4. The van der Waals surface area contributed by atoms with E-state index in [9.17, 15) is 18.3 Å². The van der Waals surface area contributed by atoms with Gasteiger partial charge in [0.15, 0.2) is 0 Å². The maximum Gasteiger partial charge on any atom is 0.416 e. The van der Waals surface area contributed by atoms with Crippen molar-refractivity contribution in [1.29, 1.82) is 0 Å². The van der Waals surface area contributed by atoms with Crippen molar-refractivity contribution in [2.45, 2.75) is 30.5 Å². The molecule has 0 spiro atoms. The average molecular weight is 326 g/mol. The lowest BCUT2D eigenvalue weighted by atomic mass is 9.97. The van der Waals surface area contributed by atoms with Gasteiger partial charge in [-0.1, -0.05) is 29.8 Å². The molecule has 2 aromatic rings. The van der Waals surface area contributed by atoms with Gasteiger partial charge in [-0.3, -0.25) is 0 Å². The number of thioether (sulfide) groups is 1. The van der Waals surface area contributed by atoms with Crippen LogP contribution in [0.1, 0.15) is 23.6 Å². The molecule has 0 saturated heterocycles. The summed E-state index contributed by atoms with van der Waals surface area (Å²) in [6.45, 7) is 3.60. The summed E-state index contributed by atoms with van der Waals surface area (Å²) in [7, 11) is 0. The lowest BCUT2D eigenvalue weighted by molar-refractivity contribution is -0.137. The van der Waals surface area contributed by atoms with E-state index in [1.54, 1.807) is 6.92 Å². The van der Waals surface area contributed by atoms with Gasteiger partial charge < -0.3 is 5.11 Å². The number of alkyl halides is 3. The average Bonchev–Trinajstić information content (AvgIpc) is 2.46. The molecule has 0 aliphatic rings. The van der Waals surface area contributed by atoms with E-state index in [4.69, 9.17) is 0 Å². The van der Waals surface area contributed by atoms with Crippen molar-refractivity contribution in [2.75, 3.05) is 5.75 Å². The monoisotopic (exact) mass is 326 g/mol. The number of aliphatic hydroxyl groups is 1. The lowest BCUT2D eigenvalue weighted by Gasteiger charge is -2.24. The minimum Gasteiger partial charge on any atom is -0.385 e. The topological polar surface area (TPSA) is 20.2 Å². The van der Waals surface area contributed by atoms with Crippen molar-refractivity contribution in [1.82, 2.24) is 0 Å². The Morgan fingerprint density at radius 3 is 1.91 bits per heavy atom. The minimum atomic E-state index is -4.36. The van der Waals surface area contributed by atoms with Gasteiger partial charge in [-0.15, -0.1) is 11.8 Å². The highest BCUT2D eigenvalue weighted by Gasteiger charge is 2.31. The summed E-state index contributed by atoms with van der Waals surface area (Å²) in [5, 5.41) is 10.5. The van der Waals surface area contributed by atoms with Crippen LogP contribution in [0.3, 0.4) is 0 Å². The number of hydrogen-bond acceptors (Lipinski definition) is 2. The molecule has 118 valence electrons. The molecule has 1 nitrogen and oxygen atoms in total. The maximum atomic E-state index is 12.6. The van der Waals surface area contributed by atoms with Crippen molar-refractivity contribution in [2.24, 2.45) is 0 Å². The van der Waals surface area contributed by atoms with Crippen LogP contribution in [0.4, 0.5) is 13.2 Å². The predicted molar refractivity (Wildman–Crippen MR) is 82.9 cm³/mol. The molecule has 0 heterocycles. The molecule has 0 bridgehead atoms. The summed E-state index contributed by atoms with van der Waals surface area (Å²) in [5.41, 5.74) is -0.281. The number of halogens is 3. The van der Waals surface area contributed by atoms with Gasteiger partial charge in [-0.2, -0.15) is 13.2 Å². The van der Waals surface area contributed by atoms with Crippen LogP contribution in [0.2, 0.25) is 0 Å². The van der Waals surface area contributed by atoms with E-state index < -0.39 is 17.3 Å². The van der Waals surface area contributed by atoms with Crippen LogP contribution in [0.25, 0.3) is 0 Å². The molecule has 0 amide bonds. The first-order valence-corrected chi connectivity index (χ1v) is 7.77. The van der Waals surface area contributed by atoms with Crippen LogP contribution in [0.15, 0.2) is 53.4 Å². The molecule has 1 unspecified atom stereocenters. The molecule has 1 N–H and O–H groups in total. The Morgan fingerprint density at radius 2 is 1.41 bits per heavy atom. The smallest absolute Gasteiger partial charge is 0.385 e. The van der Waals surface area contributed by atoms with Crippen molar-refractivity contribution in [3.63, 3.8) is 0 Å². The molecule has 0 radical (unpaired) electrons. The fraction of sp³-hybridized carbons (Fsp3) is 0.294. The normalized spacial score (nSPS) is 14.6. The van der Waals surface area contributed by atoms with Gasteiger partial charge in [0.05, 0.1) is 11.2 Å². The Bertz CT molecular complexity index is 616. The van der Waals surface area contributed by atoms with Crippen LogP contribution < -0.4 is 0 Å². The first-order chi connectivity index (χ1) is 10.2. The van der Waals surface area contributed by atoms with E-state index in [0.29, 0.717) is 11.3 Å². The van der Waals surface area contributed by atoms with Crippen LogP contribution in [0.5, 0.6) is 0 Å². The predicted octanol–water partition coefficient (Wildman–Crippen LogP) is 5.01. The number of aryl methyl sites for hydroxylation is 1. The number of hydrogen-bond donors (Lipinski definition) is 1. The Balaban J connectivity index is 2.07. The summed E-state index contributed by atoms with van der Waals surface area (Å²) in [6.07, 6.45) is -4.36. The lowest BCUT2D eigenvalue weighted by Crippen LogP contribution is -2.24. The molecule has 2 aromatic carbocycles. The first-order valence-electron chi connectivity index (χ1n) is 6.78. The van der Waals surface area contributed by atoms with Crippen molar-refractivity contribution >= 4 is 11.8 Å². The van der Waals surface area contributed by atoms with Gasteiger partial charge in [-0.25, -0.2) is 0 Å². The van der Waals surface area contributed by atoms with Gasteiger partial charge in [0.25, 0.3) is 0 Å². The van der Waals surface area contributed by atoms with Crippen molar-refractivity contribution in [3.8, 4) is 0 Å². The van der Waals surface area contributed by atoms with E-state index in [1.807, 2.05) is 31.2 Å². The van der Waals surface area contributed by atoms with Crippen LogP contribution >= 0.6 is 11.8 Å². The Morgan fingerprint density at radius 1 is 0.909 bits per heavy atom. The summed E-state index contributed by atoms with van der Waals surface area (Å²) < 4.78 is 37.7.